The predicted octanol–water partition coefficient (Wildman–Crippen LogP) is 3.88. The lowest BCUT2D eigenvalue weighted by molar-refractivity contribution is 0.557. The Morgan fingerprint density at radius 2 is 2.05 bits per heavy atom. The minimum atomic E-state index is 0.714. The maximum absolute atomic E-state index is 4.45. The minimum Gasteiger partial charge on any atom is -0.316 e. The number of hydrogen-bond donors (Lipinski definition) is 1. The van der Waals surface area contributed by atoms with E-state index in [-0.39, 0.29) is 0 Å². The van der Waals surface area contributed by atoms with Crippen molar-refractivity contribution in [3.8, 4) is 0 Å². The zero-order chi connectivity index (χ0) is 13.5. The van der Waals surface area contributed by atoms with E-state index < -0.39 is 0 Å². The second kappa shape index (κ2) is 7.05. The van der Waals surface area contributed by atoms with Gasteiger partial charge in [-0.3, -0.25) is 4.98 Å². The summed E-state index contributed by atoms with van der Waals surface area (Å²) in [6.07, 6.45) is 7.29. The van der Waals surface area contributed by atoms with E-state index in [9.17, 15) is 0 Å². The second-order valence-electron chi connectivity index (χ2n) is 5.21. The summed E-state index contributed by atoms with van der Waals surface area (Å²) in [5.74, 6) is 0.714. The molecule has 2 heteroatoms. The van der Waals surface area contributed by atoms with Crippen molar-refractivity contribution in [2.24, 2.45) is 5.92 Å². The van der Waals surface area contributed by atoms with E-state index in [1.807, 2.05) is 12.3 Å². The van der Waals surface area contributed by atoms with Gasteiger partial charge in [0.2, 0.25) is 0 Å². The van der Waals surface area contributed by atoms with Gasteiger partial charge in [0, 0.05) is 17.1 Å². The third-order valence-electron chi connectivity index (χ3n) is 3.00. The molecule has 0 atom stereocenters. The van der Waals surface area contributed by atoms with Crippen LogP contribution in [0.5, 0.6) is 0 Å². The highest BCUT2D eigenvalue weighted by molar-refractivity contribution is 5.86. The van der Waals surface area contributed by atoms with Crippen molar-refractivity contribution in [3.05, 3.63) is 48.2 Å². The topological polar surface area (TPSA) is 24.9 Å². The number of nitrogens with one attached hydrogen (secondary N) is 1. The Morgan fingerprint density at radius 1 is 1.21 bits per heavy atom. The summed E-state index contributed by atoms with van der Waals surface area (Å²) in [6.45, 7) is 6.58. The van der Waals surface area contributed by atoms with Crippen LogP contribution in [0.25, 0.3) is 17.0 Å². The van der Waals surface area contributed by atoms with Crippen LogP contribution in [0.3, 0.4) is 0 Å². The molecular formula is C17H22N2. The fraction of sp³-hybridized carbons (Fsp3) is 0.353. The van der Waals surface area contributed by atoms with Gasteiger partial charge in [0.1, 0.15) is 0 Å². The molecule has 0 fully saturated rings. The maximum atomic E-state index is 4.45. The van der Waals surface area contributed by atoms with Crippen LogP contribution in [0.1, 0.15) is 25.8 Å². The van der Waals surface area contributed by atoms with Crippen molar-refractivity contribution < 1.29 is 0 Å². The van der Waals surface area contributed by atoms with Crippen LogP contribution in [-0.4, -0.2) is 18.1 Å². The van der Waals surface area contributed by atoms with Crippen molar-refractivity contribution in [2.45, 2.75) is 20.3 Å². The number of para-hydroxylation sites is 1. The summed E-state index contributed by atoms with van der Waals surface area (Å²) < 4.78 is 0. The van der Waals surface area contributed by atoms with Gasteiger partial charge in [0.05, 0.1) is 5.52 Å². The molecule has 0 saturated heterocycles. The number of benzene rings is 1. The summed E-state index contributed by atoms with van der Waals surface area (Å²) in [7, 11) is 0. The Bertz CT molecular complexity index is 538. The van der Waals surface area contributed by atoms with E-state index >= 15 is 0 Å². The normalized spacial score (nSPS) is 11.7. The van der Waals surface area contributed by atoms with Gasteiger partial charge in [-0.15, -0.1) is 0 Å². The summed E-state index contributed by atoms with van der Waals surface area (Å²) in [5, 5.41) is 4.64. The van der Waals surface area contributed by atoms with Gasteiger partial charge in [-0.25, -0.2) is 0 Å². The van der Waals surface area contributed by atoms with Crippen molar-refractivity contribution in [1.29, 1.82) is 0 Å². The minimum absolute atomic E-state index is 0.714. The Morgan fingerprint density at radius 3 is 2.89 bits per heavy atom. The smallest absolute Gasteiger partial charge is 0.0774 e. The van der Waals surface area contributed by atoms with Gasteiger partial charge in [0.25, 0.3) is 0 Å². The van der Waals surface area contributed by atoms with Gasteiger partial charge in [-0.1, -0.05) is 50.3 Å². The highest BCUT2D eigenvalue weighted by atomic mass is 14.8. The first-order chi connectivity index (χ1) is 9.27. The number of hydrogen-bond acceptors (Lipinski definition) is 2. The summed E-state index contributed by atoms with van der Waals surface area (Å²) >= 11 is 0. The molecule has 1 N–H and O–H groups in total. The predicted molar refractivity (Wildman–Crippen MR) is 83.1 cm³/mol. The lowest BCUT2D eigenvalue weighted by Crippen LogP contribution is -2.20. The molecular weight excluding hydrogens is 232 g/mol. The molecule has 2 rings (SSSR count). The zero-order valence-electron chi connectivity index (χ0n) is 11.8. The summed E-state index contributed by atoms with van der Waals surface area (Å²) in [5.41, 5.74) is 2.28. The molecule has 0 aliphatic rings. The first-order valence-electron chi connectivity index (χ1n) is 6.98. The molecule has 0 spiro atoms. The average Bonchev–Trinajstić information content (AvgIpc) is 2.42. The summed E-state index contributed by atoms with van der Waals surface area (Å²) in [4.78, 5) is 4.45. The highest BCUT2D eigenvalue weighted by Gasteiger charge is 1.97. The lowest BCUT2D eigenvalue weighted by atomic mass is 10.1. The number of rotatable bonds is 6. The van der Waals surface area contributed by atoms with Crippen molar-refractivity contribution in [2.75, 3.05) is 13.1 Å². The first kappa shape index (κ1) is 13.8. The molecule has 19 heavy (non-hydrogen) atoms. The van der Waals surface area contributed by atoms with E-state index in [2.05, 4.69) is 60.6 Å². The van der Waals surface area contributed by atoms with Crippen LogP contribution < -0.4 is 5.32 Å². The van der Waals surface area contributed by atoms with Gasteiger partial charge in [-0.2, -0.15) is 0 Å². The second-order valence-corrected chi connectivity index (χ2v) is 5.21. The molecule has 1 aromatic heterocycles. The molecule has 1 aromatic carbocycles. The van der Waals surface area contributed by atoms with Crippen molar-refractivity contribution in [3.63, 3.8) is 0 Å². The van der Waals surface area contributed by atoms with Gasteiger partial charge in [-0.05, 0) is 31.5 Å². The number of nitrogens with zero attached hydrogens (tertiary/aromatic N) is 1. The van der Waals surface area contributed by atoms with Crippen molar-refractivity contribution >= 4 is 17.0 Å². The Kier molecular flexibility index (Phi) is 5.10. The molecule has 0 aliphatic heterocycles. The third kappa shape index (κ3) is 4.18. The largest absolute Gasteiger partial charge is 0.316 e. The SMILES string of the molecule is CC(C)CNCC/C=C/c1cccc2cccnc12. The van der Waals surface area contributed by atoms with Crippen LogP contribution >= 0.6 is 0 Å². The third-order valence-corrected chi connectivity index (χ3v) is 3.00. The van der Waals surface area contributed by atoms with Gasteiger partial charge in [0.15, 0.2) is 0 Å². The van der Waals surface area contributed by atoms with Crippen molar-refractivity contribution in [1.82, 2.24) is 10.3 Å². The Labute approximate surface area is 115 Å². The van der Waals surface area contributed by atoms with Crippen LogP contribution in [0.2, 0.25) is 0 Å². The molecule has 0 bridgehead atoms. The lowest BCUT2D eigenvalue weighted by Gasteiger charge is -2.05. The van der Waals surface area contributed by atoms with E-state index in [1.54, 1.807) is 0 Å². The molecule has 2 nitrogen and oxygen atoms in total. The molecule has 0 unspecified atom stereocenters. The monoisotopic (exact) mass is 254 g/mol. The molecule has 0 amide bonds. The molecule has 0 saturated carbocycles. The maximum Gasteiger partial charge on any atom is 0.0774 e. The first-order valence-corrected chi connectivity index (χ1v) is 6.98. The quantitative estimate of drug-likeness (QED) is 0.791. The van der Waals surface area contributed by atoms with E-state index in [1.165, 1.54) is 10.9 Å². The van der Waals surface area contributed by atoms with Crippen LogP contribution in [0, 0.1) is 5.92 Å². The molecule has 0 radical (unpaired) electrons. The fourth-order valence-corrected chi connectivity index (χ4v) is 2.05. The fourth-order valence-electron chi connectivity index (χ4n) is 2.05. The number of fused-ring (bicyclic) bond motifs is 1. The van der Waals surface area contributed by atoms with E-state index in [0.717, 1.165) is 25.0 Å². The zero-order valence-corrected chi connectivity index (χ0v) is 11.8. The van der Waals surface area contributed by atoms with Gasteiger partial charge >= 0.3 is 0 Å². The average molecular weight is 254 g/mol. The molecule has 0 aliphatic carbocycles. The Hall–Kier alpha value is -1.67. The number of pyridine rings is 1. The molecule has 1 heterocycles. The van der Waals surface area contributed by atoms with Crippen LogP contribution in [-0.2, 0) is 0 Å². The standard InChI is InChI=1S/C17H22N2/c1-14(2)13-18-11-4-3-7-15-8-5-9-16-10-6-12-19-17(15)16/h3,5-10,12,14,18H,4,11,13H2,1-2H3/b7-3+. The number of aromatic nitrogens is 1. The van der Waals surface area contributed by atoms with Crippen LogP contribution in [0.4, 0.5) is 0 Å². The highest BCUT2D eigenvalue weighted by Crippen LogP contribution is 2.17. The summed E-state index contributed by atoms with van der Waals surface area (Å²) in [6, 6.07) is 10.4. The Balaban J connectivity index is 1.94. The van der Waals surface area contributed by atoms with Gasteiger partial charge < -0.3 is 5.32 Å². The molecule has 100 valence electrons. The van der Waals surface area contributed by atoms with E-state index in [0.29, 0.717) is 5.92 Å². The van der Waals surface area contributed by atoms with Crippen LogP contribution in [0.15, 0.2) is 42.6 Å². The van der Waals surface area contributed by atoms with E-state index in [4.69, 9.17) is 0 Å². The molecule has 2 aromatic rings.